The highest BCUT2D eigenvalue weighted by molar-refractivity contribution is 6.28. The summed E-state index contributed by atoms with van der Waals surface area (Å²) in [5, 5.41) is 6.25. The Labute approximate surface area is 116 Å². The van der Waals surface area contributed by atoms with E-state index in [0.717, 1.165) is 17.8 Å². The van der Waals surface area contributed by atoms with Gasteiger partial charge in [-0.3, -0.25) is 4.98 Å². The van der Waals surface area contributed by atoms with Crippen molar-refractivity contribution in [2.24, 2.45) is 0 Å². The topological polar surface area (TPSA) is 75.6 Å². The predicted octanol–water partition coefficient (Wildman–Crippen LogP) is 2.27. The Morgan fingerprint density at radius 1 is 1.16 bits per heavy atom. The Bertz CT molecular complexity index is 560. The van der Waals surface area contributed by atoms with E-state index in [4.69, 9.17) is 11.6 Å². The Balaban J connectivity index is 2.09. The van der Waals surface area contributed by atoms with Crippen molar-refractivity contribution in [2.75, 3.05) is 17.2 Å². The van der Waals surface area contributed by atoms with Crippen LogP contribution in [0, 0.1) is 6.92 Å². The number of aromatic nitrogens is 4. The summed E-state index contributed by atoms with van der Waals surface area (Å²) in [7, 11) is 0. The SMILES string of the molecule is CCNc1nc(Cl)nc(NCc2ncccc2C)n1. The van der Waals surface area contributed by atoms with Crippen LogP contribution in [0.1, 0.15) is 18.2 Å². The van der Waals surface area contributed by atoms with Gasteiger partial charge in [-0.15, -0.1) is 0 Å². The number of rotatable bonds is 5. The van der Waals surface area contributed by atoms with Crippen molar-refractivity contribution in [1.82, 2.24) is 19.9 Å². The second kappa shape index (κ2) is 6.29. The molecule has 0 fully saturated rings. The smallest absolute Gasteiger partial charge is 0.229 e. The summed E-state index contributed by atoms with van der Waals surface area (Å²) >= 11 is 5.84. The molecule has 7 heteroatoms. The molecule has 0 spiro atoms. The van der Waals surface area contributed by atoms with Crippen LogP contribution in [0.15, 0.2) is 18.3 Å². The molecule has 0 amide bonds. The monoisotopic (exact) mass is 278 g/mol. The zero-order valence-electron chi connectivity index (χ0n) is 10.8. The lowest BCUT2D eigenvalue weighted by Gasteiger charge is -2.08. The second-order valence-corrected chi connectivity index (χ2v) is 4.24. The fourth-order valence-electron chi connectivity index (χ4n) is 1.53. The number of halogens is 1. The molecule has 6 nitrogen and oxygen atoms in total. The summed E-state index contributed by atoms with van der Waals surface area (Å²) in [4.78, 5) is 16.5. The van der Waals surface area contributed by atoms with E-state index in [-0.39, 0.29) is 5.28 Å². The molecule has 0 aliphatic rings. The highest BCUT2D eigenvalue weighted by atomic mass is 35.5. The average Bonchev–Trinajstić information content (AvgIpc) is 2.37. The van der Waals surface area contributed by atoms with Gasteiger partial charge in [0.15, 0.2) is 0 Å². The first-order valence-corrected chi connectivity index (χ1v) is 6.36. The number of pyridine rings is 1. The van der Waals surface area contributed by atoms with Crippen LogP contribution in [0.5, 0.6) is 0 Å². The highest BCUT2D eigenvalue weighted by Gasteiger charge is 2.05. The Morgan fingerprint density at radius 2 is 1.89 bits per heavy atom. The van der Waals surface area contributed by atoms with Gasteiger partial charge in [-0.2, -0.15) is 15.0 Å². The first-order valence-electron chi connectivity index (χ1n) is 5.99. The van der Waals surface area contributed by atoms with E-state index < -0.39 is 0 Å². The summed E-state index contributed by atoms with van der Waals surface area (Å²) in [6, 6.07) is 3.91. The minimum Gasteiger partial charge on any atom is -0.354 e. The molecule has 0 bridgehead atoms. The van der Waals surface area contributed by atoms with Crippen molar-refractivity contribution < 1.29 is 0 Å². The lowest BCUT2D eigenvalue weighted by atomic mass is 10.2. The van der Waals surface area contributed by atoms with E-state index in [1.54, 1.807) is 6.20 Å². The standard InChI is InChI=1S/C12H15ClN6/c1-3-14-11-17-10(13)18-12(19-11)16-7-9-8(2)5-4-6-15-9/h4-6H,3,7H2,1-2H3,(H2,14,16,17,18,19). The molecule has 0 radical (unpaired) electrons. The average molecular weight is 279 g/mol. The number of hydrogen-bond acceptors (Lipinski definition) is 6. The summed E-state index contributed by atoms with van der Waals surface area (Å²) < 4.78 is 0. The third kappa shape index (κ3) is 3.75. The molecule has 2 rings (SSSR count). The summed E-state index contributed by atoms with van der Waals surface area (Å²) in [6.45, 7) is 5.23. The van der Waals surface area contributed by atoms with Crippen LogP contribution in [-0.4, -0.2) is 26.5 Å². The molecule has 0 aromatic carbocycles. The molecule has 0 aliphatic carbocycles. The van der Waals surface area contributed by atoms with Gasteiger partial charge < -0.3 is 10.6 Å². The van der Waals surface area contributed by atoms with E-state index in [2.05, 4.69) is 30.6 Å². The van der Waals surface area contributed by atoms with Gasteiger partial charge >= 0.3 is 0 Å². The molecular formula is C12H15ClN6. The van der Waals surface area contributed by atoms with Gasteiger partial charge in [0.05, 0.1) is 12.2 Å². The summed E-state index contributed by atoms with van der Waals surface area (Å²) in [6.07, 6.45) is 1.76. The number of hydrogen-bond donors (Lipinski definition) is 2. The van der Waals surface area contributed by atoms with E-state index in [1.807, 2.05) is 26.0 Å². The van der Waals surface area contributed by atoms with Crippen molar-refractivity contribution in [1.29, 1.82) is 0 Å². The van der Waals surface area contributed by atoms with Gasteiger partial charge in [0.25, 0.3) is 0 Å². The van der Waals surface area contributed by atoms with Gasteiger partial charge in [0.2, 0.25) is 17.2 Å². The van der Waals surface area contributed by atoms with Gasteiger partial charge in [0.1, 0.15) is 0 Å². The Morgan fingerprint density at radius 3 is 2.58 bits per heavy atom. The van der Waals surface area contributed by atoms with Crippen LogP contribution in [0.2, 0.25) is 5.28 Å². The molecule has 100 valence electrons. The van der Waals surface area contributed by atoms with Crippen LogP contribution in [-0.2, 0) is 6.54 Å². The second-order valence-electron chi connectivity index (χ2n) is 3.90. The molecule has 2 aromatic heterocycles. The van der Waals surface area contributed by atoms with E-state index >= 15 is 0 Å². The molecule has 19 heavy (non-hydrogen) atoms. The minimum absolute atomic E-state index is 0.159. The molecule has 0 saturated heterocycles. The maximum absolute atomic E-state index is 5.84. The molecule has 0 aliphatic heterocycles. The van der Waals surface area contributed by atoms with Gasteiger partial charge in [0, 0.05) is 12.7 Å². The van der Waals surface area contributed by atoms with Crippen LogP contribution >= 0.6 is 11.6 Å². The maximum atomic E-state index is 5.84. The zero-order valence-corrected chi connectivity index (χ0v) is 11.6. The molecular weight excluding hydrogens is 264 g/mol. The zero-order chi connectivity index (χ0) is 13.7. The third-order valence-electron chi connectivity index (χ3n) is 2.47. The fourth-order valence-corrected chi connectivity index (χ4v) is 1.69. The van der Waals surface area contributed by atoms with Crippen molar-refractivity contribution in [3.8, 4) is 0 Å². The van der Waals surface area contributed by atoms with Gasteiger partial charge in [-0.25, -0.2) is 0 Å². The first-order chi connectivity index (χ1) is 9.19. The number of nitrogens with zero attached hydrogens (tertiary/aromatic N) is 4. The molecule has 2 N–H and O–H groups in total. The Hall–Kier alpha value is -1.95. The molecule has 2 heterocycles. The summed E-state index contributed by atoms with van der Waals surface area (Å²) in [5.41, 5.74) is 2.06. The normalized spacial score (nSPS) is 10.3. The fraction of sp³-hybridized carbons (Fsp3) is 0.333. The first kappa shape index (κ1) is 13.5. The van der Waals surface area contributed by atoms with Crippen LogP contribution in [0.4, 0.5) is 11.9 Å². The van der Waals surface area contributed by atoms with E-state index in [9.17, 15) is 0 Å². The van der Waals surface area contributed by atoms with E-state index in [0.29, 0.717) is 18.4 Å². The van der Waals surface area contributed by atoms with Gasteiger partial charge in [-0.05, 0) is 37.1 Å². The lowest BCUT2D eigenvalue weighted by molar-refractivity contribution is 0.957. The quantitative estimate of drug-likeness (QED) is 0.874. The van der Waals surface area contributed by atoms with Crippen LogP contribution in [0.25, 0.3) is 0 Å². The molecule has 2 aromatic rings. The van der Waals surface area contributed by atoms with Gasteiger partial charge in [-0.1, -0.05) is 6.07 Å². The lowest BCUT2D eigenvalue weighted by Crippen LogP contribution is -2.10. The molecule has 0 unspecified atom stereocenters. The Kier molecular flexibility index (Phi) is 4.46. The maximum Gasteiger partial charge on any atom is 0.229 e. The van der Waals surface area contributed by atoms with E-state index in [1.165, 1.54) is 0 Å². The van der Waals surface area contributed by atoms with Crippen molar-refractivity contribution in [3.05, 3.63) is 34.9 Å². The number of nitrogens with one attached hydrogen (secondary N) is 2. The van der Waals surface area contributed by atoms with Crippen molar-refractivity contribution >= 4 is 23.5 Å². The number of aryl methyl sites for hydroxylation is 1. The van der Waals surface area contributed by atoms with Crippen LogP contribution in [0.3, 0.4) is 0 Å². The highest BCUT2D eigenvalue weighted by Crippen LogP contribution is 2.11. The van der Waals surface area contributed by atoms with Crippen LogP contribution < -0.4 is 10.6 Å². The molecule has 0 atom stereocenters. The third-order valence-corrected chi connectivity index (χ3v) is 2.64. The minimum atomic E-state index is 0.159. The van der Waals surface area contributed by atoms with Crippen molar-refractivity contribution in [3.63, 3.8) is 0 Å². The largest absolute Gasteiger partial charge is 0.354 e. The summed E-state index contributed by atoms with van der Waals surface area (Å²) in [5.74, 6) is 0.892. The predicted molar refractivity (Wildman–Crippen MR) is 75.3 cm³/mol. The van der Waals surface area contributed by atoms with Crippen molar-refractivity contribution in [2.45, 2.75) is 20.4 Å². The number of anilines is 2. The molecule has 0 saturated carbocycles.